The highest BCUT2D eigenvalue weighted by atomic mass is 35.5. The van der Waals surface area contributed by atoms with E-state index in [0.29, 0.717) is 40.2 Å². The third-order valence-electron chi connectivity index (χ3n) is 5.52. The summed E-state index contributed by atoms with van der Waals surface area (Å²) in [7, 11) is 1.61. The van der Waals surface area contributed by atoms with E-state index < -0.39 is 0 Å². The van der Waals surface area contributed by atoms with Crippen LogP contribution in [0.2, 0.25) is 5.02 Å². The molecule has 32 heavy (non-hydrogen) atoms. The minimum atomic E-state index is -0.108. The molecule has 1 saturated heterocycles. The number of ether oxygens (including phenoxy) is 2. The molecule has 1 amide bonds. The van der Waals surface area contributed by atoms with Gasteiger partial charge in [0.2, 0.25) is 0 Å². The Labute approximate surface area is 196 Å². The van der Waals surface area contributed by atoms with Gasteiger partial charge in [-0.3, -0.25) is 19.3 Å². The van der Waals surface area contributed by atoms with Crippen molar-refractivity contribution in [3.63, 3.8) is 0 Å². The first-order chi connectivity index (χ1) is 15.5. The van der Waals surface area contributed by atoms with Crippen LogP contribution in [-0.2, 0) is 11.3 Å². The van der Waals surface area contributed by atoms with Gasteiger partial charge in [0.05, 0.1) is 35.7 Å². The molecule has 0 saturated carbocycles. The summed E-state index contributed by atoms with van der Waals surface area (Å²) >= 11 is 7.85. The Balaban J connectivity index is 1.65. The van der Waals surface area contributed by atoms with E-state index in [0.717, 1.165) is 49.7 Å². The number of hydrogen-bond donors (Lipinski definition) is 0. The van der Waals surface area contributed by atoms with Crippen LogP contribution in [0.3, 0.4) is 0 Å². The number of methoxy groups -OCH3 is 1. The SMILES string of the molecule is CCn1nc(C)cc1C(=O)N(CCCN1CCOCC1)c1nc2c(OC)ccc(Cl)c2s1. The minimum absolute atomic E-state index is 0.108. The summed E-state index contributed by atoms with van der Waals surface area (Å²) < 4.78 is 13.5. The normalized spacial score (nSPS) is 14.8. The highest BCUT2D eigenvalue weighted by Gasteiger charge is 2.26. The molecule has 10 heteroatoms. The maximum absolute atomic E-state index is 13.7. The van der Waals surface area contributed by atoms with Crippen LogP contribution in [0.15, 0.2) is 18.2 Å². The Kier molecular flexibility index (Phi) is 7.30. The fourth-order valence-electron chi connectivity index (χ4n) is 3.88. The molecule has 1 aliphatic heterocycles. The number of anilines is 1. The van der Waals surface area contributed by atoms with E-state index in [4.69, 9.17) is 26.1 Å². The van der Waals surface area contributed by atoms with Crippen molar-refractivity contribution < 1.29 is 14.3 Å². The van der Waals surface area contributed by atoms with Gasteiger partial charge < -0.3 is 9.47 Å². The van der Waals surface area contributed by atoms with Crippen LogP contribution in [-0.4, -0.2) is 72.1 Å². The molecule has 0 unspecified atom stereocenters. The summed E-state index contributed by atoms with van der Waals surface area (Å²) in [6, 6.07) is 5.43. The molecule has 1 aromatic carbocycles. The average molecular weight is 478 g/mol. The number of rotatable bonds is 8. The molecule has 4 rings (SSSR count). The number of aryl methyl sites for hydroxylation is 2. The van der Waals surface area contributed by atoms with E-state index in [9.17, 15) is 4.79 Å². The fraction of sp³-hybridized carbons (Fsp3) is 0.500. The molecule has 8 nitrogen and oxygen atoms in total. The maximum atomic E-state index is 13.7. The van der Waals surface area contributed by atoms with E-state index in [1.54, 1.807) is 28.8 Å². The predicted molar refractivity (Wildman–Crippen MR) is 127 cm³/mol. The number of aromatic nitrogens is 3. The summed E-state index contributed by atoms with van der Waals surface area (Å²) in [6.07, 6.45) is 0.825. The molecular weight excluding hydrogens is 450 g/mol. The second kappa shape index (κ2) is 10.2. The number of morpholine rings is 1. The number of halogens is 1. The lowest BCUT2D eigenvalue weighted by atomic mass is 10.3. The van der Waals surface area contributed by atoms with Crippen LogP contribution >= 0.6 is 22.9 Å². The second-order valence-electron chi connectivity index (χ2n) is 7.67. The molecule has 3 heterocycles. The van der Waals surface area contributed by atoms with Crippen molar-refractivity contribution in [3.05, 3.63) is 34.6 Å². The van der Waals surface area contributed by atoms with Crippen molar-refractivity contribution in [2.24, 2.45) is 0 Å². The largest absolute Gasteiger partial charge is 0.494 e. The highest BCUT2D eigenvalue weighted by Crippen LogP contribution is 2.39. The zero-order valence-corrected chi connectivity index (χ0v) is 20.2. The maximum Gasteiger partial charge on any atom is 0.278 e. The van der Waals surface area contributed by atoms with Gasteiger partial charge in [0.15, 0.2) is 5.13 Å². The van der Waals surface area contributed by atoms with Crippen LogP contribution in [0.1, 0.15) is 29.5 Å². The van der Waals surface area contributed by atoms with Gasteiger partial charge in [0, 0.05) is 32.7 Å². The third-order valence-corrected chi connectivity index (χ3v) is 7.06. The number of thiazole rings is 1. The standard InChI is InChI=1S/C22H28ClN5O3S/c1-4-28-17(14-15(2)25-28)21(29)27(9-5-8-26-10-12-31-13-11-26)22-24-19-18(30-3)7-6-16(23)20(19)32-22/h6-7,14H,4-5,8-13H2,1-3H3. The van der Waals surface area contributed by atoms with E-state index in [-0.39, 0.29) is 5.91 Å². The number of amides is 1. The van der Waals surface area contributed by atoms with Crippen LogP contribution < -0.4 is 9.64 Å². The first-order valence-corrected chi connectivity index (χ1v) is 12.0. The molecule has 0 radical (unpaired) electrons. The fourth-order valence-corrected chi connectivity index (χ4v) is 5.16. The number of carbonyl (C=O) groups is 1. The first kappa shape index (κ1) is 23.0. The minimum Gasteiger partial charge on any atom is -0.494 e. The number of nitrogens with zero attached hydrogens (tertiary/aromatic N) is 5. The summed E-state index contributed by atoms with van der Waals surface area (Å²) in [5.41, 5.74) is 2.05. The summed E-state index contributed by atoms with van der Waals surface area (Å²) in [4.78, 5) is 22.6. The van der Waals surface area contributed by atoms with Gasteiger partial charge in [-0.2, -0.15) is 5.10 Å². The van der Waals surface area contributed by atoms with Gasteiger partial charge in [-0.05, 0) is 38.5 Å². The molecule has 0 bridgehead atoms. The van der Waals surface area contributed by atoms with Crippen LogP contribution in [0, 0.1) is 6.92 Å². The summed E-state index contributed by atoms with van der Waals surface area (Å²) in [5, 5.41) is 5.66. The Morgan fingerprint density at radius 3 is 2.84 bits per heavy atom. The zero-order valence-electron chi connectivity index (χ0n) is 18.6. The number of hydrogen-bond acceptors (Lipinski definition) is 7. The zero-order chi connectivity index (χ0) is 22.7. The summed E-state index contributed by atoms with van der Waals surface area (Å²) in [5.74, 6) is 0.533. The van der Waals surface area contributed by atoms with Gasteiger partial charge >= 0.3 is 0 Å². The van der Waals surface area contributed by atoms with Crippen LogP contribution in [0.25, 0.3) is 10.2 Å². The van der Waals surface area contributed by atoms with Crippen molar-refractivity contribution >= 4 is 44.2 Å². The van der Waals surface area contributed by atoms with E-state index in [2.05, 4.69) is 10.00 Å². The Morgan fingerprint density at radius 1 is 1.34 bits per heavy atom. The summed E-state index contributed by atoms with van der Waals surface area (Å²) in [6.45, 7) is 9.30. The average Bonchev–Trinajstić information content (AvgIpc) is 3.41. The predicted octanol–water partition coefficient (Wildman–Crippen LogP) is 3.85. The van der Waals surface area contributed by atoms with Crippen molar-refractivity contribution in [3.8, 4) is 5.75 Å². The van der Waals surface area contributed by atoms with Gasteiger partial charge in [-0.1, -0.05) is 22.9 Å². The molecule has 1 aliphatic rings. The molecule has 172 valence electrons. The Morgan fingerprint density at radius 2 is 2.12 bits per heavy atom. The molecule has 0 N–H and O–H groups in total. The van der Waals surface area contributed by atoms with Gasteiger partial charge in [0.25, 0.3) is 5.91 Å². The lowest BCUT2D eigenvalue weighted by Crippen LogP contribution is -2.39. The Bertz CT molecular complexity index is 1090. The topological polar surface area (TPSA) is 72.7 Å². The van der Waals surface area contributed by atoms with Crippen molar-refractivity contribution in [1.29, 1.82) is 0 Å². The molecule has 0 atom stereocenters. The van der Waals surface area contributed by atoms with Crippen molar-refractivity contribution in [2.45, 2.75) is 26.8 Å². The molecule has 0 spiro atoms. The van der Waals surface area contributed by atoms with E-state index in [1.165, 1.54) is 11.3 Å². The number of benzene rings is 1. The first-order valence-electron chi connectivity index (χ1n) is 10.8. The quantitative estimate of drug-likeness (QED) is 0.490. The Hall–Kier alpha value is -2.20. The number of fused-ring (bicyclic) bond motifs is 1. The van der Waals surface area contributed by atoms with Gasteiger partial charge in [-0.15, -0.1) is 0 Å². The molecule has 1 fully saturated rings. The van der Waals surface area contributed by atoms with Crippen LogP contribution in [0.4, 0.5) is 5.13 Å². The van der Waals surface area contributed by atoms with E-state index in [1.807, 2.05) is 19.9 Å². The van der Waals surface area contributed by atoms with Gasteiger partial charge in [0.1, 0.15) is 17.0 Å². The lowest BCUT2D eigenvalue weighted by molar-refractivity contribution is 0.0376. The smallest absolute Gasteiger partial charge is 0.278 e. The molecular formula is C22H28ClN5O3S. The molecule has 2 aromatic heterocycles. The van der Waals surface area contributed by atoms with Crippen molar-refractivity contribution in [2.75, 3.05) is 51.4 Å². The van der Waals surface area contributed by atoms with Crippen LogP contribution in [0.5, 0.6) is 5.75 Å². The lowest BCUT2D eigenvalue weighted by Gasteiger charge is -2.27. The number of carbonyl (C=O) groups excluding carboxylic acids is 1. The monoisotopic (exact) mass is 477 g/mol. The van der Waals surface area contributed by atoms with E-state index >= 15 is 0 Å². The molecule has 0 aliphatic carbocycles. The second-order valence-corrected chi connectivity index (χ2v) is 9.06. The van der Waals surface area contributed by atoms with Crippen molar-refractivity contribution in [1.82, 2.24) is 19.7 Å². The highest BCUT2D eigenvalue weighted by molar-refractivity contribution is 7.23. The molecule has 3 aromatic rings. The van der Waals surface area contributed by atoms with Gasteiger partial charge in [-0.25, -0.2) is 4.98 Å². The third kappa shape index (κ3) is 4.76.